The molecule has 106 valence electrons. The third-order valence-electron chi connectivity index (χ3n) is 3.03. The second-order valence-electron chi connectivity index (χ2n) is 4.69. The Balaban J connectivity index is 1.74. The first-order chi connectivity index (χ1) is 9.65. The van der Waals surface area contributed by atoms with Gasteiger partial charge in [0.2, 0.25) is 5.91 Å². The monoisotopic (exact) mass is 289 g/mol. The second-order valence-corrected chi connectivity index (χ2v) is 6.01. The number of benzene rings is 1. The number of rotatable bonds is 6. The Morgan fingerprint density at radius 3 is 2.80 bits per heavy atom. The number of nitrogens with one attached hydrogen (secondary N) is 1. The standard InChI is InChI=1S/C15H19N3OS/c1-11-17-9-13(20-11)10-18-15(19)14(16)8-7-12-5-3-2-4-6-12/h2-6,9,14H,7-8,10,16H2,1H3,(H,18,19)/t14-/m0/s1. The van der Waals surface area contributed by atoms with Crippen LogP contribution >= 0.6 is 11.3 Å². The van der Waals surface area contributed by atoms with Crippen molar-refractivity contribution in [2.45, 2.75) is 32.4 Å². The molecule has 0 saturated carbocycles. The molecular formula is C15H19N3OS. The number of amides is 1. The number of carbonyl (C=O) groups is 1. The average molecular weight is 289 g/mol. The number of aryl methyl sites for hydroxylation is 2. The normalized spacial score (nSPS) is 12.1. The molecule has 0 aliphatic carbocycles. The van der Waals surface area contributed by atoms with Crippen LogP contribution < -0.4 is 11.1 Å². The Morgan fingerprint density at radius 1 is 1.40 bits per heavy atom. The Labute approximate surface area is 123 Å². The number of nitrogens with two attached hydrogens (primary N) is 1. The quantitative estimate of drug-likeness (QED) is 0.855. The van der Waals surface area contributed by atoms with Crippen molar-refractivity contribution in [3.8, 4) is 0 Å². The van der Waals surface area contributed by atoms with Gasteiger partial charge in [-0.2, -0.15) is 0 Å². The SMILES string of the molecule is Cc1ncc(CNC(=O)[C@@H](N)CCc2ccccc2)s1. The van der Waals surface area contributed by atoms with Crippen LogP contribution in [-0.4, -0.2) is 16.9 Å². The fourth-order valence-electron chi connectivity index (χ4n) is 1.89. The van der Waals surface area contributed by atoms with Crippen molar-refractivity contribution in [1.29, 1.82) is 0 Å². The molecule has 0 spiro atoms. The third kappa shape index (κ3) is 4.43. The lowest BCUT2D eigenvalue weighted by Crippen LogP contribution is -2.40. The maximum atomic E-state index is 11.9. The predicted molar refractivity (Wildman–Crippen MR) is 81.4 cm³/mol. The number of nitrogens with zero attached hydrogens (tertiary/aromatic N) is 1. The minimum atomic E-state index is -0.468. The molecule has 1 aromatic carbocycles. The number of hydrogen-bond acceptors (Lipinski definition) is 4. The third-order valence-corrected chi connectivity index (χ3v) is 3.94. The van der Waals surface area contributed by atoms with Gasteiger partial charge in [-0.1, -0.05) is 30.3 Å². The van der Waals surface area contributed by atoms with Gasteiger partial charge in [-0.05, 0) is 25.3 Å². The van der Waals surface area contributed by atoms with Gasteiger partial charge in [-0.25, -0.2) is 4.98 Å². The van der Waals surface area contributed by atoms with E-state index in [4.69, 9.17) is 5.73 Å². The van der Waals surface area contributed by atoms with Crippen molar-refractivity contribution < 1.29 is 4.79 Å². The van der Waals surface area contributed by atoms with Gasteiger partial charge in [-0.15, -0.1) is 11.3 Å². The van der Waals surface area contributed by atoms with Gasteiger partial charge >= 0.3 is 0 Å². The van der Waals surface area contributed by atoms with Gasteiger partial charge in [0.25, 0.3) is 0 Å². The molecule has 2 rings (SSSR count). The van der Waals surface area contributed by atoms with Crippen molar-refractivity contribution in [2.75, 3.05) is 0 Å². The van der Waals surface area contributed by atoms with Crippen LogP contribution in [0, 0.1) is 6.92 Å². The number of aromatic nitrogens is 1. The number of hydrogen-bond donors (Lipinski definition) is 2. The molecule has 0 aliphatic rings. The van der Waals surface area contributed by atoms with Crippen molar-refractivity contribution in [3.63, 3.8) is 0 Å². The van der Waals surface area contributed by atoms with Crippen LogP contribution in [0.3, 0.4) is 0 Å². The van der Waals surface area contributed by atoms with E-state index < -0.39 is 6.04 Å². The van der Waals surface area contributed by atoms with Gasteiger partial charge in [0.15, 0.2) is 0 Å². The lowest BCUT2D eigenvalue weighted by Gasteiger charge is -2.11. The summed E-state index contributed by atoms with van der Waals surface area (Å²) < 4.78 is 0. The van der Waals surface area contributed by atoms with E-state index in [1.165, 1.54) is 5.56 Å². The Morgan fingerprint density at radius 2 is 2.15 bits per heavy atom. The molecule has 5 heteroatoms. The highest BCUT2D eigenvalue weighted by molar-refractivity contribution is 7.11. The molecule has 0 aliphatic heterocycles. The molecule has 20 heavy (non-hydrogen) atoms. The highest BCUT2D eigenvalue weighted by Gasteiger charge is 2.13. The largest absolute Gasteiger partial charge is 0.350 e. The van der Waals surface area contributed by atoms with E-state index in [0.717, 1.165) is 16.3 Å². The zero-order valence-electron chi connectivity index (χ0n) is 11.5. The average Bonchev–Trinajstić information content (AvgIpc) is 2.89. The summed E-state index contributed by atoms with van der Waals surface area (Å²) in [6, 6.07) is 9.59. The van der Waals surface area contributed by atoms with E-state index in [0.29, 0.717) is 13.0 Å². The highest BCUT2D eigenvalue weighted by Crippen LogP contribution is 2.11. The summed E-state index contributed by atoms with van der Waals surface area (Å²) in [5.74, 6) is -0.105. The molecule has 0 fully saturated rings. The molecule has 4 nitrogen and oxygen atoms in total. The lowest BCUT2D eigenvalue weighted by atomic mass is 10.1. The number of thiazole rings is 1. The minimum absolute atomic E-state index is 0.105. The van der Waals surface area contributed by atoms with E-state index in [-0.39, 0.29) is 5.91 Å². The molecule has 0 unspecified atom stereocenters. The van der Waals surface area contributed by atoms with Crippen LogP contribution in [0.15, 0.2) is 36.5 Å². The highest BCUT2D eigenvalue weighted by atomic mass is 32.1. The molecular weight excluding hydrogens is 270 g/mol. The summed E-state index contributed by atoms with van der Waals surface area (Å²) in [5.41, 5.74) is 7.11. The van der Waals surface area contributed by atoms with Crippen LogP contribution in [0.5, 0.6) is 0 Å². The van der Waals surface area contributed by atoms with Crippen LogP contribution in [-0.2, 0) is 17.8 Å². The predicted octanol–water partition coefficient (Wildman–Crippen LogP) is 2.03. The van der Waals surface area contributed by atoms with Gasteiger partial charge in [0, 0.05) is 11.1 Å². The summed E-state index contributed by atoms with van der Waals surface area (Å²) in [6.07, 6.45) is 3.25. The fourth-order valence-corrected chi connectivity index (χ4v) is 2.62. The van der Waals surface area contributed by atoms with Gasteiger partial charge < -0.3 is 11.1 Å². The van der Waals surface area contributed by atoms with Crippen molar-refractivity contribution in [2.24, 2.45) is 5.73 Å². The van der Waals surface area contributed by atoms with E-state index in [9.17, 15) is 4.79 Å². The Kier molecular flexibility index (Phi) is 5.26. The van der Waals surface area contributed by atoms with Gasteiger partial charge in [0.05, 0.1) is 17.6 Å². The second kappa shape index (κ2) is 7.17. The molecule has 3 N–H and O–H groups in total. The molecule has 0 radical (unpaired) electrons. The molecule has 1 aromatic heterocycles. The topological polar surface area (TPSA) is 68.0 Å². The lowest BCUT2D eigenvalue weighted by molar-refractivity contribution is -0.122. The Bertz CT molecular complexity index is 553. The fraction of sp³-hybridized carbons (Fsp3) is 0.333. The van der Waals surface area contributed by atoms with Crippen LogP contribution in [0.1, 0.15) is 21.9 Å². The molecule has 2 aromatic rings. The Hall–Kier alpha value is -1.72. The number of carbonyl (C=O) groups excluding carboxylic acids is 1. The van der Waals surface area contributed by atoms with Crippen LogP contribution in [0.4, 0.5) is 0 Å². The molecule has 1 atom stereocenters. The van der Waals surface area contributed by atoms with E-state index in [1.807, 2.05) is 37.3 Å². The molecule has 1 heterocycles. The van der Waals surface area contributed by atoms with Crippen molar-refractivity contribution >= 4 is 17.2 Å². The molecule has 0 bridgehead atoms. The summed E-state index contributed by atoms with van der Waals surface area (Å²) >= 11 is 1.59. The first-order valence-electron chi connectivity index (χ1n) is 6.63. The zero-order valence-corrected chi connectivity index (χ0v) is 12.3. The zero-order chi connectivity index (χ0) is 14.4. The first-order valence-corrected chi connectivity index (χ1v) is 7.45. The van der Waals surface area contributed by atoms with E-state index >= 15 is 0 Å². The van der Waals surface area contributed by atoms with Gasteiger partial charge in [0.1, 0.15) is 0 Å². The van der Waals surface area contributed by atoms with E-state index in [1.54, 1.807) is 17.5 Å². The maximum absolute atomic E-state index is 11.9. The minimum Gasteiger partial charge on any atom is -0.350 e. The van der Waals surface area contributed by atoms with Crippen molar-refractivity contribution in [3.05, 3.63) is 52.0 Å². The van der Waals surface area contributed by atoms with Gasteiger partial charge in [-0.3, -0.25) is 4.79 Å². The first kappa shape index (κ1) is 14.7. The van der Waals surface area contributed by atoms with Crippen LogP contribution in [0.2, 0.25) is 0 Å². The van der Waals surface area contributed by atoms with E-state index in [2.05, 4.69) is 10.3 Å². The smallest absolute Gasteiger partial charge is 0.237 e. The van der Waals surface area contributed by atoms with Crippen molar-refractivity contribution in [1.82, 2.24) is 10.3 Å². The summed E-state index contributed by atoms with van der Waals surface area (Å²) in [6.45, 7) is 2.45. The van der Waals surface area contributed by atoms with Crippen LogP contribution in [0.25, 0.3) is 0 Å². The summed E-state index contributed by atoms with van der Waals surface area (Å²) in [5, 5.41) is 3.86. The summed E-state index contributed by atoms with van der Waals surface area (Å²) in [7, 11) is 0. The molecule has 1 amide bonds. The maximum Gasteiger partial charge on any atom is 0.237 e. The summed E-state index contributed by atoms with van der Waals surface area (Å²) in [4.78, 5) is 17.1. The molecule has 0 saturated heterocycles.